The maximum atomic E-state index is 11.9. The van der Waals surface area contributed by atoms with Crippen LogP contribution in [0.2, 0.25) is 0 Å². The van der Waals surface area contributed by atoms with Crippen molar-refractivity contribution in [1.82, 2.24) is 5.32 Å². The molecule has 1 N–H and O–H groups in total. The van der Waals surface area contributed by atoms with E-state index in [-0.39, 0.29) is 17.8 Å². The first-order chi connectivity index (χ1) is 8.15. The highest BCUT2D eigenvalue weighted by Gasteiger charge is 2.30. The van der Waals surface area contributed by atoms with E-state index < -0.39 is 0 Å². The molecule has 1 aliphatic rings. The predicted octanol–water partition coefficient (Wildman–Crippen LogP) is 1.88. The molecule has 4 nitrogen and oxygen atoms in total. The number of rotatable bonds is 5. The zero-order valence-corrected chi connectivity index (χ0v) is 10.8. The number of esters is 1. The molecule has 0 aromatic heterocycles. The largest absolute Gasteiger partial charge is 0.466 e. The molecule has 1 saturated carbocycles. The lowest BCUT2D eigenvalue weighted by Gasteiger charge is -2.28. The summed E-state index contributed by atoms with van der Waals surface area (Å²) in [5, 5.41) is 2.74. The van der Waals surface area contributed by atoms with Crippen molar-refractivity contribution in [3.05, 3.63) is 0 Å². The highest BCUT2D eigenvalue weighted by atomic mass is 16.5. The van der Waals surface area contributed by atoms with Crippen LogP contribution in [0.4, 0.5) is 0 Å². The van der Waals surface area contributed by atoms with Gasteiger partial charge in [0.1, 0.15) is 0 Å². The minimum atomic E-state index is -0.167. The van der Waals surface area contributed by atoms with E-state index in [1.807, 2.05) is 6.92 Å². The second-order valence-corrected chi connectivity index (χ2v) is 4.69. The number of hydrogen-bond acceptors (Lipinski definition) is 3. The minimum absolute atomic E-state index is 0.0879. The van der Waals surface area contributed by atoms with Gasteiger partial charge in [-0.15, -0.1) is 0 Å². The molecule has 1 atom stereocenters. The number of carbonyl (C=O) groups excluding carboxylic acids is 2. The summed E-state index contributed by atoms with van der Waals surface area (Å²) in [6.07, 6.45) is 5.76. The zero-order chi connectivity index (χ0) is 12.7. The van der Waals surface area contributed by atoms with E-state index in [1.165, 1.54) is 26.2 Å². The Morgan fingerprint density at radius 2 is 1.94 bits per heavy atom. The number of carbonyl (C=O) groups is 2. The van der Waals surface area contributed by atoms with Crippen molar-refractivity contribution in [3.8, 4) is 0 Å². The molecule has 1 amide bonds. The highest BCUT2D eigenvalue weighted by Crippen LogP contribution is 2.30. The second kappa shape index (κ2) is 7.30. The lowest BCUT2D eigenvalue weighted by Crippen LogP contribution is -2.37. The highest BCUT2D eigenvalue weighted by molar-refractivity contribution is 5.76. The molecular formula is C13H23NO3. The van der Waals surface area contributed by atoms with Crippen molar-refractivity contribution in [2.24, 2.45) is 11.8 Å². The van der Waals surface area contributed by atoms with Crippen LogP contribution < -0.4 is 5.32 Å². The summed E-state index contributed by atoms with van der Waals surface area (Å²) in [4.78, 5) is 22.8. The molecule has 1 fully saturated rings. The molecule has 0 saturated heterocycles. The van der Waals surface area contributed by atoms with Crippen LogP contribution in [0.25, 0.3) is 0 Å². The normalized spacial score (nSPS) is 18.5. The first-order valence-corrected chi connectivity index (χ1v) is 6.56. The smallest absolute Gasteiger partial charge is 0.310 e. The molecule has 1 aliphatic carbocycles. The summed E-state index contributed by atoms with van der Waals surface area (Å²) in [5.41, 5.74) is 0. The summed E-state index contributed by atoms with van der Waals surface area (Å²) >= 11 is 0. The third kappa shape index (κ3) is 4.75. The molecule has 0 radical (unpaired) electrons. The van der Waals surface area contributed by atoms with E-state index in [2.05, 4.69) is 5.32 Å². The van der Waals surface area contributed by atoms with E-state index in [4.69, 9.17) is 4.74 Å². The Kier molecular flexibility index (Phi) is 6.01. The van der Waals surface area contributed by atoms with Crippen molar-refractivity contribution in [2.75, 3.05) is 13.2 Å². The van der Waals surface area contributed by atoms with Crippen molar-refractivity contribution >= 4 is 11.9 Å². The molecule has 1 rings (SSSR count). The standard InChI is InChI=1S/C13H23NO3/c1-3-17-13(16)12(9-14-10(2)15)11-7-5-4-6-8-11/h11-12H,3-9H2,1-2H3,(H,14,15). The molecule has 0 spiro atoms. The lowest BCUT2D eigenvalue weighted by atomic mass is 9.80. The number of hydrogen-bond donors (Lipinski definition) is 1. The Bertz CT molecular complexity index is 259. The van der Waals surface area contributed by atoms with Gasteiger partial charge < -0.3 is 10.1 Å². The van der Waals surface area contributed by atoms with Gasteiger partial charge in [0.25, 0.3) is 0 Å². The van der Waals surface area contributed by atoms with Gasteiger partial charge in [0.15, 0.2) is 0 Å². The van der Waals surface area contributed by atoms with Gasteiger partial charge >= 0.3 is 5.97 Å². The molecule has 0 aromatic carbocycles. The summed E-state index contributed by atoms with van der Waals surface area (Å²) < 4.78 is 5.10. The predicted molar refractivity (Wildman–Crippen MR) is 65.4 cm³/mol. The van der Waals surface area contributed by atoms with Gasteiger partial charge in [0.05, 0.1) is 12.5 Å². The Morgan fingerprint density at radius 1 is 1.29 bits per heavy atom. The molecule has 1 unspecified atom stereocenters. The van der Waals surface area contributed by atoms with E-state index in [1.54, 1.807) is 0 Å². The number of amides is 1. The van der Waals surface area contributed by atoms with Gasteiger partial charge in [-0.3, -0.25) is 9.59 Å². The average molecular weight is 241 g/mol. The van der Waals surface area contributed by atoms with Gasteiger partial charge in [-0.2, -0.15) is 0 Å². The Balaban J connectivity index is 2.56. The Labute approximate surface area is 103 Å². The van der Waals surface area contributed by atoms with Crippen molar-refractivity contribution in [2.45, 2.75) is 46.0 Å². The molecule has 0 aliphatic heterocycles. The fourth-order valence-corrected chi connectivity index (χ4v) is 2.48. The van der Waals surface area contributed by atoms with Crippen molar-refractivity contribution in [1.29, 1.82) is 0 Å². The number of nitrogens with one attached hydrogen (secondary N) is 1. The van der Waals surface area contributed by atoms with Gasteiger partial charge in [-0.1, -0.05) is 19.3 Å². The van der Waals surface area contributed by atoms with Crippen LogP contribution in [0, 0.1) is 11.8 Å². The fraction of sp³-hybridized carbons (Fsp3) is 0.846. The fourth-order valence-electron chi connectivity index (χ4n) is 2.48. The summed E-state index contributed by atoms with van der Waals surface area (Å²) in [7, 11) is 0. The van der Waals surface area contributed by atoms with E-state index in [0.717, 1.165) is 12.8 Å². The van der Waals surface area contributed by atoms with Crippen LogP contribution in [0.1, 0.15) is 46.0 Å². The SMILES string of the molecule is CCOC(=O)C(CNC(C)=O)C1CCCCC1. The van der Waals surface area contributed by atoms with Crippen molar-refractivity contribution in [3.63, 3.8) is 0 Å². The number of ether oxygens (including phenoxy) is 1. The van der Waals surface area contributed by atoms with Gasteiger partial charge in [-0.25, -0.2) is 0 Å². The quantitative estimate of drug-likeness (QED) is 0.748. The van der Waals surface area contributed by atoms with Crippen LogP contribution in [0.15, 0.2) is 0 Å². The van der Waals surface area contributed by atoms with Crippen LogP contribution >= 0.6 is 0 Å². The van der Waals surface area contributed by atoms with Gasteiger partial charge in [0, 0.05) is 13.5 Å². The van der Waals surface area contributed by atoms with Crippen LogP contribution in [-0.4, -0.2) is 25.0 Å². The summed E-state index contributed by atoms with van der Waals surface area (Å²) in [6.45, 7) is 4.11. The lowest BCUT2D eigenvalue weighted by molar-refractivity contribution is -0.150. The van der Waals surface area contributed by atoms with Gasteiger partial charge in [0.2, 0.25) is 5.91 Å². The van der Waals surface area contributed by atoms with Gasteiger partial charge in [-0.05, 0) is 25.7 Å². The maximum absolute atomic E-state index is 11.9. The third-order valence-corrected chi connectivity index (χ3v) is 3.38. The molecule has 0 heterocycles. The molecule has 4 heteroatoms. The Morgan fingerprint density at radius 3 is 2.47 bits per heavy atom. The molecule has 17 heavy (non-hydrogen) atoms. The monoisotopic (exact) mass is 241 g/mol. The molecule has 0 aromatic rings. The second-order valence-electron chi connectivity index (χ2n) is 4.69. The first kappa shape index (κ1) is 14.0. The maximum Gasteiger partial charge on any atom is 0.310 e. The van der Waals surface area contributed by atoms with E-state index >= 15 is 0 Å². The zero-order valence-electron chi connectivity index (χ0n) is 10.8. The minimum Gasteiger partial charge on any atom is -0.466 e. The van der Waals surface area contributed by atoms with Crippen molar-refractivity contribution < 1.29 is 14.3 Å². The molecular weight excluding hydrogens is 218 g/mol. The molecule has 98 valence electrons. The first-order valence-electron chi connectivity index (χ1n) is 6.56. The van der Waals surface area contributed by atoms with E-state index in [9.17, 15) is 9.59 Å². The van der Waals surface area contributed by atoms with E-state index in [0.29, 0.717) is 19.1 Å². The summed E-state index contributed by atoms with van der Waals surface area (Å²) in [6, 6.07) is 0. The van der Waals surface area contributed by atoms with Crippen LogP contribution in [0.3, 0.4) is 0 Å². The van der Waals surface area contributed by atoms with Crippen LogP contribution in [-0.2, 0) is 14.3 Å². The average Bonchev–Trinajstić information content (AvgIpc) is 2.30. The Hall–Kier alpha value is -1.06. The topological polar surface area (TPSA) is 55.4 Å². The summed E-state index contributed by atoms with van der Waals surface area (Å²) in [5.74, 6) is -0.0444. The van der Waals surface area contributed by atoms with Crippen LogP contribution in [0.5, 0.6) is 0 Å². The third-order valence-electron chi connectivity index (χ3n) is 3.38. The molecule has 0 bridgehead atoms.